The molecule has 2 aromatic rings. The third kappa shape index (κ3) is 2.89. The molecule has 90 valence electrons. The Morgan fingerprint density at radius 2 is 2.06 bits per heavy atom. The highest BCUT2D eigenvalue weighted by Crippen LogP contribution is 2.35. The maximum atomic E-state index is 12.5. The van der Waals surface area contributed by atoms with Crippen LogP contribution in [0, 0.1) is 0 Å². The standard InChI is InChI=1S/C10H6ClF3N2S/c11-7-2-1-6(10(12,13)14)5-8(7)16-9-15-3-4-17-9/h1-5H,(H,15,16). The highest BCUT2D eigenvalue weighted by molar-refractivity contribution is 7.13. The smallest absolute Gasteiger partial charge is 0.330 e. The maximum absolute atomic E-state index is 12.5. The molecule has 0 bridgehead atoms. The van der Waals surface area contributed by atoms with Gasteiger partial charge in [-0.05, 0) is 18.2 Å². The molecule has 0 unspecified atom stereocenters. The Balaban J connectivity index is 2.33. The van der Waals surface area contributed by atoms with Crippen molar-refractivity contribution < 1.29 is 13.2 Å². The Morgan fingerprint density at radius 1 is 1.29 bits per heavy atom. The molecule has 0 saturated carbocycles. The van der Waals surface area contributed by atoms with Gasteiger partial charge in [0.2, 0.25) is 0 Å². The van der Waals surface area contributed by atoms with Gasteiger partial charge in [-0.2, -0.15) is 13.2 Å². The number of aromatic nitrogens is 1. The topological polar surface area (TPSA) is 24.9 Å². The lowest BCUT2D eigenvalue weighted by molar-refractivity contribution is -0.137. The van der Waals surface area contributed by atoms with E-state index >= 15 is 0 Å². The molecule has 0 spiro atoms. The predicted octanol–water partition coefficient (Wildman–Crippen LogP) is 4.56. The number of hydrogen-bond donors (Lipinski definition) is 1. The zero-order valence-corrected chi connectivity index (χ0v) is 9.83. The molecule has 0 radical (unpaired) electrons. The molecule has 0 amide bonds. The van der Waals surface area contributed by atoms with Crippen molar-refractivity contribution in [1.82, 2.24) is 4.98 Å². The molecule has 1 aromatic heterocycles. The van der Waals surface area contributed by atoms with E-state index in [0.717, 1.165) is 12.1 Å². The Kier molecular flexibility index (Phi) is 3.26. The summed E-state index contributed by atoms with van der Waals surface area (Å²) in [5.74, 6) is 0. The summed E-state index contributed by atoms with van der Waals surface area (Å²) in [6.45, 7) is 0. The van der Waals surface area contributed by atoms with Gasteiger partial charge >= 0.3 is 6.18 Å². The van der Waals surface area contributed by atoms with E-state index < -0.39 is 11.7 Å². The van der Waals surface area contributed by atoms with Crippen LogP contribution < -0.4 is 5.32 Å². The number of hydrogen-bond acceptors (Lipinski definition) is 3. The molecule has 7 heteroatoms. The van der Waals surface area contributed by atoms with Crippen LogP contribution >= 0.6 is 22.9 Å². The second kappa shape index (κ2) is 4.54. The third-order valence-electron chi connectivity index (χ3n) is 1.97. The van der Waals surface area contributed by atoms with Gasteiger partial charge < -0.3 is 5.32 Å². The van der Waals surface area contributed by atoms with Gasteiger partial charge in [0.25, 0.3) is 0 Å². The van der Waals surface area contributed by atoms with E-state index in [0.29, 0.717) is 5.13 Å². The second-order valence-electron chi connectivity index (χ2n) is 3.15. The van der Waals surface area contributed by atoms with Crippen molar-refractivity contribution in [2.75, 3.05) is 5.32 Å². The fourth-order valence-corrected chi connectivity index (χ4v) is 1.90. The van der Waals surface area contributed by atoms with Crippen LogP contribution in [0.25, 0.3) is 0 Å². The molecular formula is C10H6ClF3N2S. The summed E-state index contributed by atoms with van der Waals surface area (Å²) in [5, 5.41) is 5.16. The minimum Gasteiger partial charge on any atom is -0.330 e. The maximum Gasteiger partial charge on any atom is 0.416 e. The first-order valence-corrected chi connectivity index (χ1v) is 5.76. The Hall–Kier alpha value is -1.27. The van der Waals surface area contributed by atoms with E-state index in [1.165, 1.54) is 17.4 Å². The molecule has 0 aliphatic rings. The van der Waals surface area contributed by atoms with E-state index in [1.807, 2.05) is 0 Å². The second-order valence-corrected chi connectivity index (χ2v) is 4.46. The average molecular weight is 279 g/mol. The number of rotatable bonds is 2. The Labute approximate surface area is 104 Å². The molecule has 0 aliphatic carbocycles. The summed E-state index contributed by atoms with van der Waals surface area (Å²) < 4.78 is 37.5. The normalized spacial score (nSPS) is 11.5. The lowest BCUT2D eigenvalue weighted by Crippen LogP contribution is -2.05. The van der Waals surface area contributed by atoms with Crippen LogP contribution in [0.1, 0.15) is 5.56 Å². The van der Waals surface area contributed by atoms with Crippen LogP contribution in [-0.2, 0) is 6.18 Å². The number of alkyl halides is 3. The fourth-order valence-electron chi connectivity index (χ4n) is 1.20. The van der Waals surface area contributed by atoms with Gasteiger partial charge in [-0.3, -0.25) is 0 Å². The molecule has 1 N–H and O–H groups in total. The fraction of sp³-hybridized carbons (Fsp3) is 0.100. The molecule has 1 aromatic carbocycles. The monoisotopic (exact) mass is 278 g/mol. The molecule has 0 aliphatic heterocycles. The first kappa shape index (κ1) is 12.2. The lowest BCUT2D eigenvalue weighted by Gasteiger charge is -2.10. The molecule has 2 nitrogen and oxygen atoms in total. The van der Waals surface area contributed by atoms with Gasteiger partial charge in [0.15, 0.2) is 5.13 Å². The van der Waals surface area contributed by atoms with E-state index in [-0.39, 0.29) is 10.7 Å². The minimum absolute atomic E-state index is 0.191. The average Bonchev–Trinajstić information content (AvgIpc) is 2.72. The number of nitrogens with zero attached hydrogens (tertiary/aromatic N) is 1. The van der Waals surface area contributed by atoms with Crippen molar-refractivity contribution in [2.45, 2.75) is 6.18 Å². The summed E-state index contributed by atoms with van der Waals surface area (Å²) in [7, 11) is 0. The molecule has 2 rings (SSSR count). The van der Waals surface area contributed by atoms with Crippen molar-refractivity contribution in [1.29, 1.82) is 0 Å². The lowest BCUT2D eigenvalue weighted by atomic mass is 10.2. The van der Waals surface area contributed by atoms with Crippen molar-refractivity contribution >= 4 is 33.8 Å². The van der Waals surface area contributed by atoms with Gasteiger partial charge in [0.05, 0.1) is 16.3 Å². The van der Waals surface area contributed by atoms with Crippen LogP contribution in [0.15, 0.2) is 29.8 Å². The summed E-state index contributed by atoms with van der Waals surface area (Å²) >= 11 is 7.09. The molecule has 1 heterocycles. The highest BCUT2D eigenvalue weighted by atomic mass is 35.5. The Bertz CT molecular complexity index is 511. The zero-order chi connectivity index (χ0) is 12.5. The Morgan fingerprint density at radius 3 is 2.65 bits per heavy atom. The van der Waals surface area contributed by atoms with E-state index in [2.05, 4.69) is 10.3 Å². The first-order valence-electron chi connectivity index (χ1n) is 4.50. The molecule has 0 saturated heterocycles. The van der Waals surface area contributed by atoms with Gasteiger partial charge in [-0.1, -0.05) is 11.6 Å². The van der Waals surface area contributed by atoms with Crippen LogP contribution in [0.5, 0.6) is 0 Å². The summed E-state index contributed by atoms with van der Waals surface area (Å²) in [5.41, 5.74) is -0.558. The summed E-state index contributed by atoms with van der Waals surface area (Å²) in [6, 6.07) is 3.11. The molecule has 0 fully saturated rings. The predicted molar refractivity (Wildman–Crippen MR) is 61.9 cm³/mol. The number of benzene rings is 1. The van der Waals surface area contributed by atoms with Crippen LogP contribution in [0.3, 0.4) is 0 Å². The van der Waals surface area contributed by atoms with Crippen LogP contribution in [-0.4, -0.2) is 4.98 Å². The largest absolute Gasteiger partial charge is 0.416 e. The van der Waals surface area contributed by atoms with Crippen molar-refractivity contribution in [3.63, 3.8) is 0 Å². The highest BCUT2D eigenvalue weighted by Gasteiger charge is 2.30. The zero-order valence-electron chi connectivity index (χ0n) is 8.25. The third-order valence-corrected chi connectivity index (χ3v) is 2.99. The van der Waals surface area contributed by atoms with Gasteiger partial charge in [-0.25, -0.2) is 4.98 Å². The van der Waals surface area contributed by atoms with Crippen molar-refractivity contribution in [2.24, 2.45) is 0 Å². The van der Waals surface area contributed by atoms with E-state index in [4.69, 9.17) is 11.6 Å². The molecule has 17 heavy (non-hydrogen) atoms. The number of halogens is 4. The van der Waals surface area contributed by atoms with Gasteiger partial charge in [-0.15, -0.1) is 11.3 Å². The van der Waals surface area contributed by atoms with E-state index in [9.17, 15) is 13.2 Å². The SMILES string of the molecule is FC(F)(F)c1ccc(Cl)c(Nc2nccs2)c1. The first-order chi connectivity index (χ1) is 7.97. The number of nitrogens with one attached hydrogen (secondary N) is 1. The molecule has 0 atom stereocenters. The van der Waals surface area contributed by atoms with Gasteiger partial charge in [0.1, 0.15) is 0 Å². The molecular weight excluding hydrogens is 273 g/mol. The summed E-state index contributed by atoms with van der Waals surface area (Å²) in [4.78, 5) is 3.91. The minimum atomic E-state index is -4.39. The van der Waals surface area contributed by atoms with Crippen molar-refractivity contribution in [3.8, 4) is 0 Å². The van der Waals surface area contributed by atoms with Crippen LogP contribution in [0.2, 0.25) is 5.02 Å². The number of thiazole rings is 1. The quantitative estimate of drug-likeness (QED) is 0.871. The van der Waals surface area contributed by atoms with Gasteiger partial charge in [0, 0.05) is 11.6 Å². The number of anilines is 2. The van der Waals surface area contributed by atoms with Crippen LogP contribution in [0.4, 0.5) is 24.0 Å². The summed E-state index contributed by atoms with van der Waals surface area (Å²) in [6.07, 6.45) is -2.83. The van der Waals surface area contributed by atoms with E-state index in [1.54, 1.807) is 11.6 Å². The van der Waals surface area contributed by atoms with Crippen molar-refractivity contribution in [3.05, 3.63) is 40.4 Å².